The molecule has 1 rings (SSSR count). The summed E-state index contributed by atoms with van der Waals surface area (Å²) in [6.45, 7) is 12.5. The van der Waals surface area contributed by atoms with Crippen molar-refractivity contribution in [3.8, 4) is 0 Å². The lowest BCUT2D eigenvalue weighted by molar-refractivity contribution is 0.249. The molecule has 114 valence electrons. The van der Waals surface area contributed by atoms with Crippen molar-refractivity contribution >= 4 is 11.6 Å². The first-order valence-corrected chi connectivity index (χ1v) is 7.15. The molecule has 1 heterocycles. The van der Waals surface area contributed by atoms with Gasteiger partial charge in [-0.2, -0.15) is 0 Å². The maximum absolute atomic E-state index is 9.48. The maximum Gasteiger partial charge on any atom is 0.138 e. The Morgan fingerprint density at radius 3 is 2.10 bits per heavy atom. The van der Waals surface area contributed by atoms with Crippen LogP contribution >= 0.6 is 0 Å². The van der Waals surface area contributed by atoms with E-state index in [9.17, 15) is 5.11 Å². The molecule has 0 radical (unpaired) electrons. The minimum absolute atomic E-state index is 0.0128. The summed E-state index contributed by atoms with van der Waals surface area (Å²) in [5.41, 5.74) is 0.849. The molecule has 1 atom stereocenters. The van der Waals surface area contributed by atoms with Crippen LogP contribution in [0.3, 0.4) is 0 Å². The summed E-state index contributed by atoms with van der Waals surface area (Å²) in [7, 11) is 1.86. The average molecular weight is 280 g/mol. The molecule has 0 aliphatic carbocycles. The first-order valence-electron chi connectivity index (χ1n) is 7.15. The molecule has 5 nitrogen and oxygen atoms in total. The number of aliphatic hydroxyl groups excluding tert-OH is 1. The van der Waals surface area contributed by atoms with E-state index in [4.69, 9.17) is 0 Å². The largest absolute Gasteiger partial charge is 0.394 e. The number of hydrogen-bond donors (Lipinski definition) is 3. The van der Waals surface area contributed by atoms with Crippen molar-refractivity contribution in [3.05, 3.63) is 11.4 Å². The van der Waals surface area contributed by atoms with Crippen molar-refractivity contribution < 1.29 is 5.11 Å². The maximum atomic E-state index is 9.48. The Bertz CT molecular complexity index is 452. The van der Waals surface area contributed by atoms with E-state index in [-0.39, 0.29) is 18.1 Å². The zero-order valence-electron chi connectivity index (χ0n) is 13.7. The molecule has 1 aromatic rings. The molecular formula is C15H28N4O. The SMILES string of the molecule is CNc1nc(C(C)(C)C)nc(NC(CO)C(C)C)c1C. The monoisotopic (exact) mass is 280 g/mol. The second kappa shape index (κ2) is 6.39. The van der Waals surface area contributed by atoms with E-state index >= 15 is 0 Å². The number of hydrogen-bond acceptors (Lipinski definition) is 5. The van der Waals surface area contributed by atoms with E-state index < -0.39 is 0 Å². The molecule has 0 bridgehead atoms. The molecule has 1 aromatic heterocycles. The zero-order chi connectivity index (χ0) is 15.5. The molecule has 0 aliphatic heterocycles. The van der Waals surface area contributed by atoms with Crippen LogP contribution in [0.1, 0.15) is 46.0 Å². The number of rotatable bonds is 5. The van der Waals surface area contributed by atoms with Gasteiger partial charge in [0.1, 0.15) is 17.5 Å². The Morgan fingerprint density at radius 1 is 1.15 bits per heavy atom. The van der Waals surface area contributed by atoms with E-state index in [0.29, 0.717) is 5.92 Å². The van der Waals surface area contributed by atoms with Gasteiger partial charge in [-0.25, -0.2) is 9.97 Å². The van der Waals surface area contributed by atoms with Crippen molar-refractivity contribution in [1.29, 1.82) is 0 Å². The van der Waals surface area contributed by atoms with Crippen molar-refractivity contribution in [3.63, 3.8) is 0 Å². The van der Waals surface area contributed by atoms with Crippen molar-refractivity contribution in [2.45, 2.75) is 53.0 Å². The quantitative estimate of drug-likeness (QED) is 0.773. The molecule has 20 heavy (non-hydrogen) atoms. The lowest BCUT2D eigenvalue weighted by Crippen LogP contribution is -2.31. The Labute approximate surface area is 122 Å². The minimum Gasteiger partial charge on any atom is -0.394 e. The topological polar surface area (TPSA) is 70.1 Å². The molecule has 0 fully saturated rings. The number of nitrogens with zero attached hydrogens (tertiary/aromatic N) is 2. The summed E-state index contributed by atoms with van der Waals surface area (Å²) in [5, 5.41) is 15.9. The summed E-state index contributed by atoms with van der Waals surface area (Å²) in [4.78, 5) is 9.22. The van der Waals surface area contributed by atoms with E-state index in [0.717, 1.165) is 23.0 Å². The van der Waals surface area contributed by atoms with Crippen molar-refractivity contribution in [2.24, 2.45) is 5.92 Å². The summed E-state index contributed by atoms with van der Waals surface area (Å²) in [6.07, 6.45) is 0. The van der Waals surface area contributed by atoms with Gasteiger partial charge in [0.25, 0.3) is 0 Å². The van der Waals surface area contributed by atoms with Crippen LogP contribution in [-0.2, 0) is 5.41 Å². The van der Waals surface area contributed by atoms with Gasteiger partial charge >= 0.3 is 0 Å². The molecule has 0 saturated carbocycles. The predicted molar refractivity (Wildman–Crippen MR) is 84.4 cm³/mol. The number of nitrogens with one attached hydrogen (secondary N) is 2. The molecule has 0 aliphatic rings. The van der Waals surface area contributed by atoms with Crippen LogP contribution in [0.5, 0.6) is 0 Å². The van der Waals surface area contributed by atoms with Gasteiger partial charge in [0.15, 0.2) is 0 Å². The van der Waals surface area contributed by atoms with Gasteiger partial charge in [-0.1, -0.05) is 34.6 Å². The minimum atomic E-state index is -0.123. The summed E-state index contributed by atoms with van der Waals surface area (Å²) in [6, 6.07) is -0.0128. The van der Waals surface area contributed by atoms with Gasteiger partial charge in [-0.3, -0.25) is 0 Å². The normalized spacial score (nSPS) is 13.4. The lowest BCUT2D eigenvalue weighted by atomic mass is 9.95. The Hall–Kier alpha value is -1.36. The molecule has 0 saturated heterocycles. The van der Waals surface area contributed by atoms with Gasteiger partial charge in [0.2, 0.25) is 0 Å². The molecule has 0 amide bonds. The second-order valence-electron chi connectivity index (χ2n) is 6.55. The van der Waals surface area contributed by atoms with Crippen LogP contribution in [-0.4, -0.2) is 34.8 Å². The van der Waals surface area contributed by atoms with E-state index in [1.165, 1.54) is 0 Å². The van der Waals surface area contributed by atoms with Gasteiger partial charge < -0.3 is 15.7 Å². The fourth-order valence-electron chi connectivity index (χ4n) is 1.83. The Balaban J connectivity index is 3.24. The standard InChI is InChI=1S/C15H28N4O/c1-9(2)11(8-20)17-13-10(3)12(16-7)18-14(19-13)15(4,5)6/h9,11,20H,8H2,1-7H3,(H2,16,17,18,19). The van der Waals surface area contributed by atoms with E-state index in [2.05, 4.69) is 55.2 Å². The van der Waals surface area contributed by atoms with Gasteiger partial charge in [-0.15, -0.1) is 0 Å². The number of anilines is 2. The zero-order valence-corrected chi connectivity index (χ0v) is 13.7. The summed E-state index contributed by atoms with van der Waals surface area (Å²) < 4.78 is 0. The highest BCUT2D eigenvalue weighted by Crippen LogP contribution is 2.26. The molecule has 1 unspecified atom stereocenters. The smallest absolute Gasteiger partial charge is 0.138 e. The van der Waals surface area contributed by atoms with Gasteiger partial charge in [-0.05, 0) is 12.8 Å². The third kappa shape index (κ3) is 3.82. The molecule has 5 heteroatoms. The lowest BCUT2D eigenvalue weighted by Gasteiger charge is -2.25. The van der Waals surface area contributed by atoms with Crippen LogP contribution in [0.4, 0.5) is 11.6 Å². The second-order valence-corrected chi connectivity index (χ2v) is 6.55. The number of aromatic nitrogens is 2. The fourth-order valence-corrected chi connectivity index (χ4v) is 1.83. The number of aliphatic hydroxyl groups is 1. The van der Waals surface area contributed by atoms with Crippen molar-refractivity contribution in [1.82, 2.24) is 9.97 Å². The van der Waals surface area contributed by atoms with Gasteiger partial charge in [0.05, 0.1) is 12.6 Å². The van der Waals surface area contributed by atoms with Crippen LogP contribution < -0.4 is 10.6 Å². The molecule has 0 spiro atoms. The third-order valence-electron chi connectivity index (χ3n) is 3.38. The molecule has 3 N–H and O–H groups in total. The van der Waals surface area contributed by atoms with Crippen molar-refractivity contribution in [2.75, 3.05) is 24.3 Å². The first kappa shape index (κ1) is 16.7. The van der Waals surface area contributed by atoms with Crippen LogP contribution in [0, 0.1) is 12.8 Å². The van der Waals surface area contributed by atoms with E-state index in [1.54, 1.807) is 0 Å². The first-order chi connectivity index (χ1) is 9.20. The summed E-state index contributed by atoms with van der Waals surface area (Å²) >= 11 is 0. The fraction of sp³-hybridized carbons (Fsp3) is 0.733. The molecule has 0 aromatic carbocycles. The van der Waals surface area contributed by atoms with Gasteiger partial charge in [0, 0.05) is 18.0 Å². The van der Waals surface area contributed by atoms with Crippen LogP contribution in [0.25, 0.3) is 0 Å². The average Bonchev–Trinajstić information content (AvgIpc) is 2.35. The Morgan fingerprint density at radius 2 is 1.70 bits per heavy atom. The van der Waals surface area contributed by atoms with E-state index in [1.807, 2.05) is 14.0 Å². The Kier molecular flexibility index (Phi) is 5.34. The molecular weight excluding hydrogens is 252 g/mol. The highest BCUT2D eigenvalue weighted by atomic mass is 16.3. The predicted octanol–water partition coefficient (Wildman–Crippen LogP) is 2.55. The highest BCUT2D eigenvalue weighted by molar-refractivity contribution is 5.57. The summed E-state index contributed by atoms with van der Waals surface area (Å²) in [5.74, 6) is 2.73. The van der Waals surface area contributed by atoms with Crippen LogP contribution in [0.15, 0.2) is 0 Å². The third-order valence-corrected chi connectivity index (χ3v) is 3.38. The highest BCUT2D eigenvalue weighted by Gasteiger charge is 2.22. The van der Waals surface area contributed by atoms with Crippen LogP contribution in [0.2, 0.25) is 0 Å².